The van der Waals surface area contributed by atoms with Gasteiger partial charge in [0.1, 0.15) is 6.10 Å². The molecule has 0 rings (SSSR count). The molecule has 0 aliphatic rings. The van der Waals surface area contributed by atoms with Crippen LogP contribution in [0.25, 0.3) is 0 Å². The van der Waals surface area contributed by atoms with E-state index in [0.29, 0.717) is 6.42 Å². The molecule has 0 aromatic heterocycles. The van der Waals surface area contributed by atoms with E-state index >= 15 is 0 Å². The lowest BCUT2D eigenvalue weighted by Gasteiger charge is -2.30. The van der Waals surface area contributed by atoms with Crippen molar-refractivity contribution in [1.29, 1.82) is 0 Å². The van der Waals surface area contributed by atoms with Crippen LogP contribution in [-0.2, 0) is 14.3 Å². The van der Waals surface area contributed by atoms with E-state index in [0.717, 1.165) is 90.0 Å². The molecule has 2 atom stereocenters. The molecule has 0 bridgehead atoms. The van der Waals surface area contributed by atoms with Gasteiger partial charge in [-0.3, -0.25) is 9.59 Å². The minimum absolute atomic E-state index is 0.0317. The van der Waals surface area contributed by atoms with Gasteiger partial charge in [0.05, 0.1) is 5.41 Å². The van der Waals surface area contributed by atoms with Crippen molar-refractivity contribution in [2.24, 2.45) is 5.41 Å². The summed E-state index contributed by atoms with van der Waals surface area (Å²) < 4.78 is 6.04. The van der Waals surface area contributed by atoms with Crippen LogP contribution in [0, 0.1) is 5.41 Å². The molecule has 5 nitrogen and oxygen atoms in total. The van der Waals surface area contributed by atoms with Crippen molar-refractivity contribution in [1.82, 2.24) is 4.90 Å². The molecule has 0 saturated heterocycles. The third-order valence-electron chi connectivity index (χ3n) is 11.6. The number of rotatable bonds is 42. The maximum atomic E-state index is 13.0. The van der Waals surface area contributed by atoms with Gasteiger partial charge in [-0.25, -0.2) is 0 Å². The zero-order valence-electron chi connectivity index (χ0n) is 36.1. The van der Waals surface area contributed by atoms with Gasteiger partial charge < -0.3 is 14.7 Å². The Morgan fingerprint density at radius 3 is 1.13 bits per heavy atom. The molecule has 2 unspecified atom stereocenters. The molecule has 1 N–H and O–H groups in total. The average molecular weight is 736 g/mol. The Kier molecular flexibility index (Phi) is 37.4. The summed E-state index contributed by atoms with van der Waals surface area (Å²) in [5.74, 6) is -0.634. The van der Waals surface area contributed by atoms with E-state index in [9.17, 15) is 14.7 Å². The summed E-state index contributed by atoms with van der Waals surface area (Å²) >= 11 is 0. The number of aliphatic carboxylic acids is 1. The Bertz CT molecular complexity index is 770. The van der Waals surface area contributed by atoms with Gasteiger partial charge in [0.25, 0.3) is 0 Å². The minimum atomic E-state index is -0.601. The maximum Gasteiger partial charge on any atom is 0.309 e. The standard InChI is InChI=1S/C47H93NO4/c1-6-9-12-15-17-19-21-22-23-25-27-30-34-41-47(46(50)51,40-33-29-26-24-20-18-16-13-10-7-2)42-35-32-38-44(37-31-28-14-11-8-3)52-45(49)39-36-43-48(4)5/h44H,6-43H2,1-5H3,(H,50,51). The van der Waals surface area contributed by atoms with Gasteiger partial charge in [-0.2, -0.15) is 0 Å². The third kappa shape index (κ3) is 32.3. The van der Waals surface area contributed by atoms with Gasteiger partial charge in [-0.1, -0.05) is 201 Å². The normalized spacial score (nSPS) is 13.4. The molecule has 0 heterocycles. The SMILES string of the molecule is CCCCCCCCCCCCCCCC(CCCCCCCCCCCC)(CCCCC(CCCCCCC)OC(=O)CCCN(C)C)C(=O)O. The van der Waals surface area contributed by atoms with E-state index in [1.807, 2.05) is 14.1 Å². The number of carboxylic acid groups (broad SMARTS) is 1. The molecule has 0 fully saturated rings. The molecule has 5 heteroatoms. The predicted molar refractivity (Wildman–Crippen MR) is 226 cm³/mol. The van der Waals surface area contributed by atoms with Gasteiger partial charge in [-0.15, -0.1) is 0 Å². The van der Waals surface area contributed by atoms with Crippen LogP contribution >= 0.6 is 0 Å². The van der Waals surface area contributed by atoms with Gasteiger partial charge in [0.2, 0.25) is 0 Å². The number of carbonyl (C=O) groups excluding carboxylic acids is 1. The van der Waals surface area contributed by atoms with Gasteiger partial charge in [0, 0.05) is 6.42 Å². The Morgan fingerprint density at radius 1 is 0.481 bits per heavy atom. The Balaban J connectivity index is 4.97. The minimum Gasteiger partial charge on any atom is -0.481 e. The number of hydrogen-bond acceptors (Lipinski definition) is 4. The lowest BCUT2D eigenvalue weighted by molar-refractivity contribution is -0.151. The summed E-state index contributed by atoms with van der Waals surface area (Å²) in [4.78, 5) is 27.9. The summed E-state index contributed by atoms with van der Waals surface area (Å²) in [5.41, 5.74) is -0.601. The fraction of sp³-hybridized carbons (Fsp3) is 0.957. The summed E-state index contributed by atoms with van der Waals surface area (Å²) in [6.07, 6.45) is 43.3. The van der Waals surface area contributed by atoms with Crippen molar-refractivity contribution in [3.8, 4) is 0 Å². The molecule has 0 aromatic carbocycles. The number of hydrogen-bond donors (Lipinski definition) is 1. The van der Waals surface area contributed by atoms with E-state index in [4.69, 9.17) is 4.74 Å². The van der Waals surface area contributed by atoms with Crippen LogP contribution in [-0.4, -0.2) is 48.7 Å². The Hall–Kier alpha value is -1.10. The zero-order valence-corrected chi connectivity index (χ0v) is 36.1. The predicted octanol–water partition coefficient (Wildman–Crippen LogP) is 15.0. The van der Waals surface area contributed by atoms with Crippen LogP contribution in [0.5, 0.6) is 0 Å². The van der Waals surface area contributed by atoms with Crippen molar-refractivity contribution >= 4 is 11.9 Å². The first-order chi connectivity index (χ1) is 25.3. The number of carbonyl (C=O) groups is 2. The molecule has 52 heavy (non-hydrogen) atoms. The van der Waals surface area contributed by atoms with Crippen LogP contribution in [0.15, 0.2) is 0 Å². The summed E-state index contributed by atoms with van der Waals surface area (Å²) in [5, 5.41) is 10.7. The molecule has 0 aliphatic heterocycles. The quantitative estimate of drug-likeness (QED) is 0.0499. The highest BCUT2D eigenvalue weighted by Crippen LogP contribution is 2.38. The lowest BCUT2D eigenvalue weighted by atomic mass is 9.74. The highest BCUT2D eigenvalue weighted by molar-refractivity contribution is 5.74. The van der Waals surface area contributed by atoms with E-state index in [1.165, 1.54) is 148 Å². The molecule has 310 valence electrons. The van der Waals surface area contributed by atoms with E-state index in [-0.39, 0.29) is 12.1 Å². The van der Waals surface area contributed by atoms with Crippen LogP contribution < -0.4 is 0 Å². The molecule has 0 aromatic rings. The Morgan fingerprint density at radius 2 is 0.788 bits per heavy atom. The first-order valence-electron chi connectivity index (χ1n) is 23.4. The number of esters is 1. The second-order valence-electron chi connectivity index (χ2n) is 17.0. The van der Waals surface area contributed by atoms with Crippen molar-refractivity contribution < 1.29 is 19.4 Å². The topological polar surface area (TPSA) is 66.8 Å². The van der Waals surface area contributed by atoms with Gasteiger partial charge >= 0.3 is 11.9 Å². The second kappa shape index (κ2) is 38.2. The number of nitrogens with zero attached hydrogens (tertiary/aromatic N) is 1. The molecule has 0 saturated carbocycles. The van der Waals surface area contributed by atoms with Crippen LogP contribution in [0.1, 0.15) is 258 Å². The second-order valence-corrected chi connectivity index (χ2v) is 17.0. The van der Waals surface area contributed by atoms with Crippen molar-refractivity contribution in [3.63, 3.8) is 0 Å². The highest BCUT2D eigenvalue weighted by atomic mass is 16.5. The zero-order chi connectivity index (χ0) is 38.4. The third-order valence-corrected chi connectivity index (χ3v) is 11.6. The highest BCUT2D eigenvalue weighted by Gasteiger charge is 2.36. The smallest absolute Gasteiger partial charge is 0.309 e. The lowest BCUT2D eigenvalue weighted by Crippen LogP contribution is -2.31. The molecular formula is C47H93NO4. The van der Waals surface area contributed by atoms with Crippen LogP contribution in [0.4, 0.5) is 0 Å². The average Bonchev–Trinajstić information content (AvgIpc) is 3.11. The summed E-state index contributed by atoms with van der Waals surface area (Å²) in [7, 11) is 4.08. The number of ether oxygens (including phenoxy) is 1. The van der Waals surface area contributed by atoms with Crippen molar-refractivity contribution in [3.05, 3.63) is 0 Å². The fourth-order valence-electron chi connectivity index (χ4n) is 7.99. The van der Waals surface area contributed by atoms with Gasteiger partial charge in [-0.05, 0) is 72.0 Å². The first kappa shape index (κ1) is 50.9. The molecule has 0 aliphatic carbocycles. The Labute approximate surface area is 326 Å². The fourth-order valence-corrected chi connectivity index (χ4v) is 7.99. The molecular weight excluding hydrogens is 643 g/mol. The number of carboxylic acids is 1. The van der Waals surface area contributed by atoms with Crippen LogP contribution in [0.2, 0.25) is 0 Å². The van der Waals surface area contributed by atoms with Crippen molar-refractivity contribution in [2.75, 3.05) is 20.6 Å². The van der Waals surface area contributed by atoms with Crippen molar-refractivity contribution in [2.45, 2.75) is 264 Å². The van der Waals surface area contributed by atoms with E-state index in [2.05, 4.69) is 25.7 Å². The van der Waals surface area contributed by atoms with Gasteiger partial charge in [0.15, 0.2) is 0 Å². The largest absolute Gasteiger partial charge is 0.481 e. The number of unbranched alkanes of at least 4 members (excludes halogenated alkanes) is 26. The van der Waals surface area contributed by atoms with Crippen LogP contribution in [0.3, 0.4) is 0 Å². The monoisotopic (exact) mass is 736 g/mol. The molecule has 0 amide bonds. The van der Waals surface area contributed by atoms with E-state index < -0.39 is 11.4 Å². The summed E-state index contributed by atoms with van der Waals surface area (Å²) in [6, 6.07) is 0. The maximum absolute atomic E-state index is 13.0. The first-order valence-corrected chi connectivity index (χ1v) is 23.4. The van der Waals surface area contributed by atoms with E-state index in [1.54, 1.807) is 0 Å². The summed E-state index contributed by atoms with van der Waals surface area (Å²) in [6.45, 7) is 7.69. The molecule has 0 spiro atoms. The molecule has 0 radical (unpaired) electrons.